The molecule has 0 aliphatic carbocycles. The monoisotopic (exact) mass is 326 g/mol. The Kier molecular flexibility index (Phi) is 4.27. The highest BCUT2D eigenvalue weighted by Crippen LogP contribution is 2.15. The molecule has 2 aromatic rings. The Morgan fingerprint density at radius 3 is 2.72 bits per heavy atom. The van der Waals surface area contributed by atoms with Crippen molar-refractivity contribution in [2.24, 2.45) is 5.73 Å². The first-order chi connectivity index (χ1) is 8.65. The second kappa shape index (κ2) is 5.92. The van der Waals surface area contributed by atoms with Crippen LogP contribution in [0.25, 0.3) is 0 Å². The van der Waals surface area contributed by atoms with Gasteiger partial charge in [0.15, 0.2) is 0 Å². The lowest BCUT2D eigenvalue weighted by atomic mass is 10.3. The number of halogens is 1. The number of thiocarbonyl (C=S) groups is 1. The van der Waals surface area contributed by atoms with Gasteiger partial charge in [-0.3, -0.25) is 0 Å². The molecule has 1 heterocycles. The van der Waals surface area contributed by atoms with Crippen LogP contribution in [0.1, 0.15) is 5.82 Å². The third kappa shape index (κ3) is 3.51. The van der Waals surface area contributed by atoms with E-state index in [4.69, 9.17) is 22.7 Å². The van der Waals surface area contributed by atoms with Crippen molar-refractivity contribution in [3.05, 3.63) is 40.9 Å². The summed E-state index contributed by atoms with van der Waals surface area (Å²) in [7, 11) is 0. The third-order valence-electron chi connectivity index (χ3n) is 2.16. The molecule has 0 spiro atoms. The number of aromatic nitrogens is 3. The minimum atomic E-state index is 0.197. The summed E-state index contributed by atoms with van der Waals surface area (Å²) in [6.07, 6.45) is 1.58. The van der Waals surface area contributed by atoms with E-state index in [0.717, 1.165) is 10.2 Å². The van der Waals surface area contributed by atoms with E-state index in [9.17, 15) is 0 Å². The molecular weight excluding hydrogens is 316 g/mol. The molecule has 0 amide bonds. The Labute approximate surface area is 118 Å². The zero-order valence-electron chi connectivity index (χ0n) is 9.41. The topological polar surface area (TPSA) is 66.0 Å². The van der Waals surface area contributed by atoms with Gasteiger partial charge in [0.1, 0.15) is 23.7 Å². The summed E-state index contributed by atoms with van der Waals surface area (Å²) in [5, 5.41) is 4.11. The van der Waals surface area contributed by atoms with E-state index in [1.165, 1.54) is 0 Å². The average molecular weight is 327 g/mol. The molecule has 2 N–H and O–H groups in total. The maximum Gasteiger partial charge on any atom is 0.208 e. The normalized spacial score (nSPS) is 10.3. The van der Waals surface area contributed by atoms with Crippen LogP contribution in [0.4, 0.5) is 0 Å². The summed E-state index contributed by atoms with van der Waals surface area (Å²) < 4.78 is 8.23. The van der Waals surface area contributed by atoms with Crippen molar-refractivity contribution in [2.75, 3.05) is 6.61 Å². The summed E-state index contributed by atoms with van der Waals surface area (Å²) in [6, 6.07) is 7.64. The molecule has 0 aliphatic rings. The van der Waals surface area contributed by atoms with Crippen LogP contribution in [0.3, 0.4) is 0 Å². The van der Waals surface area contributed by atoms with Gasteiger partial charge >= 0.3 is 0 Å². The molecule has 0 atom stereocenters. The standard InChI is InChI=1S/C11H11BrN4OS/c12-8-1-3-9(4-2-8)17-6-5-16-7-14-11(15-16)10(13)18/h1-4,7H,5-6H2,(H2,13,18). The van der Waals surface area contributed by atoms with E-state index in [1.807, 2.05) is 24.3 Å². The summed E-state index contributed by atoms with van der Waals surface area (Å²) in [6.45, 7) is 1.09. The van der Waals surface area contributed by atoms with Gasteiger partial charge in [0, 0.05) is 4.47 Å². The van der Waals surface area contributed by atoms with E-state index in [-0.39, 0.29) is 4.99 Å². The van der Waals surface area contributed by atoms with Gasteiger partial charge in [-0.1, -0.05) is 28.1 Å². The molecule has 0 radical (unpaired) electrons. The van der Waals surface area contributed by atoms with Crippen LogP contribution in [0.15, 0.2) is 35.1 Å². The number of ether oxygens (including phenoxy) is 1. The van der Waals surface area contributed by atoms with Crippen molar-refractivity contribution in [1.82, 2.24) is 14.8 Å². The van der Waals surface area contributed by atoms with E-state index in [0.29, 0.717) is 19.0 Å². The maximum absolute atomic E-state index is 5.56. The molecule has 2 rings (SSSR count). The predicted molar refractivity (Wildman–Crippen MR) is 75.5 cm³/mol. The number of hydrogen-bond acceptors (Lipinski definition) is 4. The van der Waals surface area contributed by atoms with E-state index < -0.39 is 0 Å². The van der Waals surface area contributed by atoms with Gasteiger partial charge in [-0.05, 0) is 24.3 Å². The number of nitrogens with two attached hydrogens (primary N) is 1. The summed E-state index contributed by atoms with van der Waals surface area (Å²) >= 11 is 8.15. The molecule has 0 unspecified atom stereocenters. The lowest BCUT2D eigenvalue weighted by Gasteiger charge is -2.05. The third-order valence-corrected chi connectivity index (χ3v) is 2.87. The average Bonchev–Trinajstić information content (AvgIpc) is 2.81. The van der Waals surface area contributed by atoms with Crippen LogP contribution in [0, 0.1) is 0 Å². The summed E-state index contributed by atoms with van der Waals surface area (Å²) in [4.78, 5) is 4.17. The largest absolute Gasteiger partial charge is 0.492 e. The number of rotatable bonds is 5. The molecule has 94 valence electrons. The summed E-state index contributed by atoms with van der Waals surface area (Å²) in [5.74, 6) is 1.20. The molecule has 0 fully saturated rings. The van der Waals surface area contributed by atoms with Crippen molar-refractivity contribution in [3.63, 3.8) is 0 Å². The van der Waals surface area contributed by atoms with Gasteiger partial charge in [-0.25, -0.2) is 9.67 Å². The van der Waals surface area contributed by atoms with Crippen molar-refractivity contribution in [1.29, 1.82) is 0 Å². The Morgan fingerprint density at radius 2 is 2.11 bits per heavy atom. The van der Waals surface area contributed by atoms with Crippen molar-refractivity contribution >= 4 is 33.1 Å². The van der Waals surface area contributed by atoms with E-state index in [1.54, 1.807) is 11.0 Å². The first-order valence-electron chi connectivity index (χ1n) is 5.23. The van der Waals surface area contributed by atoms with Crippen LogP contribution >= 0.6 is 28.1 Å². The Balaban J connectivity index is 1.84. The lowest BCUT2D eigenvalue weighted by molar-refractivity contribution is 0.291. The van der Waals surface area contributed by atoms with E-state index >= 15 is 0 Å². The van der Waals surface area contributed by atoms with Crippen molar-refractivity contribution in [2.45, 2.75) is 6.54 Å². The second-order valence-electron chi connectivity index (χ2n) is 3.50. The fourth-order valence-corrected chi connectivity index (χ4v) is 1.66. The SMILES string of the molecule is NC(=S)c1ncn(CCOc2ccc(Br)cc2)n1. The fraction of sp³-hybridized carbons (Fsp3) is 0.182. The second-order valence-corrected chi connectivity index (χ2v) is 4.85. The zero-order chi connectivity index (χ0) is 13.0. The van der Waals surface area contributed by atoms with Gasteiger partial charge < -0.3 is 10.5 Å². The van der Waals surface area contributed by atoms with Crippen LogP contribution in [-0.4, -0.2) is 26.4 Å². The van der Waals surface area contributed by atoms with Gasteiger partial charge in [0.2, 0.25) is 5.82 Å². The molecule has 0 aliphatic heterocycles. The van der Waals surface area contributed by atoms with E-state index in [2.05, 4.69) is 26.0 Å². The molecule has 5 nitrogen and oxygen atoms in total. The van der Waals surface area contributed by atoms with Crippen LogP contribution in [-0.2, 0) is 6.54 Å². The van der Waals surface area contributed by atoms with Crippen LogP contribution < -0.4 is 10.5 Å². The minimum Gasteiger partial charge on any atom is -0.492 e. The maximum atomic E-state index is 5.56. The Bertz CT molecular complexity index is 540. The fourth-order valence-electron chi connectivity index (χ4n) is 1.30. The highest BCUT2D eigenvalue weighted by Gasteiger charge is 2.03. The summed E-state index contributed by atoms with van der Waals surface area (Å²) in [5.41, 5.74) is 5.42. The first-order valence-corrected chi connectivity index (χ1v) is 6.43. The van der Waals surface area contributed by atoms with Gasteiger partial charge in [-0.15, -0.1) is 5.10 Å². The minimum absolute atomic E-state index is 0.197. The highest BCUT2D eigenvalue weighted by atomic mass is 79.9. The first kappa shape index (κ1) is 13.0. The zero-order valence-corrected chi connectivity index (χ0v) is 11.8. The highest BCUT2D eigenvalue weighted by molar-refractivity contribution is 9.10. The smallest absolute Gasteiger partial charge is 0.208 e. The number of nitrogens with zero attached hydrogens (tertiary/aromatic N) is 3. The molecule has 0 saturated heterocycles. The molecule has 1 aromatic heterocycles. The van der Waals surface area contributed by atoms with Crippen LogP contribution in [0.5, 0.6) is 5.75 Å². The molecule has 0 bridgehead atoms. The van der Waals surface area contributed by atoms with Crippen molar-refractivity contribution in [3.8, 4) is 5.75 Å². The molecule has 0 saturated carbocycles. The Hall–Kier alpha value is -1.47. The van der Waals surface area contributed by atoms with Gasteiger partial charge in [-0.2, -0.15) is 0 Å². The Morgan fingerprint density at radius 1 is 1.39 bits per heavy atom. The molecule has 1 aromatic carbocycles. The number of hydrogen-bond donors (Lipinski definition) is 1. The lowest BCUT2D eigenvalue weighted by Crippen LogP contribution is -2.13. The molecule has 7 heteroatoms. The van der Waals surface area contributed by atoms with Gasteiger partial charge in [0.05, 0.1) is 6.54 Å². The van der Waals surface area contributed by atoms with Crippen LogP contribution in [0.2, 0.25) is 0 Å². The van der Waals surface area contributed by atoms with Crippen molar-refractivity contribution < 1.29 is 4.74 Å². The molecule has 18 heavy (non-hydrogen) atoms. The van der Waals surface area contributed by atoms with Gasteiger partial charge in [0.25, 0.3) is 0 Å². The molecular formula is C11H11BrN4OS. The predicted octanol–water partition coefficient (Wildman–Crippen LogP) is 1.75. The number of benzene rings is 1. The quantitative estimate of drug-likeness (QED) is 0.848.